The van der Waals surface area contributed by atoms with Crippen LogP contribution in [-0.4, -0.2) is 17.8 Å². The Labute approximate surface area is 110 Å². The molecule has 0 N–H and O–H groups in total. The molecule has 0 aromatic heterocycles. The number of ether oxygens (including phenoxy) is 1. The van der Waals surface area contributed by atoms with Gasteiger partial charge in [0.15, 0.2) is 0 Å². The Bertz CT molecular complexity index is 431. The van der Waals surface area contributed by atoms with Crippen molar-refractivity contribution in [2.75, 3.05) is 6.61 Å². The number of hydrogen-bond donors (Lipinski definition) is 0. The van der Waals surface area contributed by atoms with Gasteiger partial charge in [-0.3, -0.25) is 4.79 Å². The molecule has 0 bridgehead atoms. The summed E-state index contributed by atoms with van der Waals surface area (Å²) < 4.78 is 4.92. The second-order valence-electron chi connectivity index (χ2n) is 3.28. The van der Waals surface area contributed by atoms with Gasteiger partial charge in [0.1, 0.15) is 10.7 Å². The topological polar surface area (TPSA) is 50.1 Å². The van der Waals surface area contributed by atoms with Crippen LogP contribution in [0.15, 0.2) is 24.3 Å². The van der Waals surface area contributed by atoms with Gasteiger partial charge < -0.3 is 4.74 Å². The number of esters is 1. The molecule has 0 saturated carbocycles. The van der Waals surface area contributed by atoms with Crippen molar-refractivity contribution in [2.24, 2.45) is 0 Å². The van der Waals surface area contributed by atoms with Gasteiger partial charge in [0.25, 0.3) is 0 Å². The first-order valence-electron chi connectivity index (χ1n) is 5.13. The van der Waals surface area contributed by atoms with Crippen molar-refractivity contribution in [3.05, 3.63) is 34.9 Å². The average molecular weight is 270 g/mol. The number of halogens is 1. The van der Waals surface area contributed by atoms with E-state index in [1.54, 1.807) is 19.1 Å². The van der Waals surface area contributed by atoms with Crippen LogP contribution in [0.5, 0.6) is 0 Å². The molecule has 0 fully saturated rings. The van der Waals surface area contributed by atoms with Crippen LogP contribution in [0.4, 0.5) is 0 Å². The summed E-state index contributed by atoms with van der Waals surface area (Å²) in [6.45, 7) is 2.06. The van der Waals surface area contributed by atoms with Crippen LogP contribution in [0, 0.1) is 10.7 Å². The van der Waals surface area contributed by atoms with Crippen molar-refractivity contribution in [1.82, 2.24) is 0 Å². The minimum Gasteiger partial charge on any atom is -0.465 e. The smallest absolute Gasteiger partial charge is 0.320 e. The lowest BCUT2D eigenvalue weighted by Crippen LogP contribution is -2.22. The van der Waals surface area contributed by atoms with Crippen LogP contribution in [0.25, 0.3) is 0 Å². The molecule has 1 rings (SSSR count). The summed E-state index contributed by atoms with van der Waals surface area (Å²) in [6.07, 6.45) is 0.442. The minimum atomic E-state index is -0.501. The lowest BCUT2D eigenvalue weighted by atomic mass is 10.1. The summed E-state index contributed by atoms with van der Waals surface area (Å²) in [4.78, 5) is 11.6. The lowest BCUT2D eigenvalue weighted by Gasteiger charge is -2.11. The molecule has 17 heavy (non-hydrogen) atoms. The van der Waals surface area contributed by atoms with Crippen molar-refractivity contribution < 1.29 is 9.53 Å². The van der Waals surface area contributed by atoms with Gasteiger partial charge in [-0.1, -0.05) is 23.7 Å². The second kappa shape index (κ2) is 7.21. The molecule has 0 aliphatic rings. The van der Waals surface area contributed by atoms with Crippen LogP contribution in [0.1, 0.15) is 12.5 Å². The summed E-state index contributed by atoms with van der Waals surface area (Å²) in [5.41, 5.74) is 0.915. The van der Waals surface area contributed by atoms with Gasteiger partial charge in [-0.15, -0.1) is 0 Å². The molecule has 0 aliphatic carbocycles. The zero-order valence-corrected chi connectivity index (χ0v) is 10.9. The number of benzene rings is 1. The van der Waals surface area contributed by atoms with Gasteiger partial charge >= 0.3 is 5.97 Å². The fraction of sp³-hybridized carbons (Fsp3) is 0.333. The van der Waals surface area contributed by atoms with E-state index in [1.807, 2.05) is 17.5 Å². The summed E-state index contributed by atoms with van der Waals surface area (Å²) in [6, 6.07) is 7.24. The Morgan fingerprint density at radius 1 is 1.65 bits per heavy atom. The molecule has 0 unspecified atom stereocenters. The number of thiocyanates is 1. The average Bonchev–Trinajstić information content (AvgIpc) is 2.29. The fourth-order valence-corrected chi connectivity index (χ4v) is 2.13. The summed E-state index contributed by atoms with van der Waals surface area (Å²) >= 11 is 6.77. The van der Waals surface area contributed by atoms with Crippen LogP contribution in [0.2, 0.25) is 5.02 Å². The van der Waals surface area contributed by atoms with Crippen LogP contribution in [-0.2, 0) is 16.0 Å². The molecule has 3 nitrogen and oxygen atoms in total. The van der Waals surface area contributed by atoms with E-state index < -0.39 is 5.25 Å². The molecule has 0 saturated heterocycles. The molecule has 0 spiro atoms. The minimum absolute atomic E-state index is 0.316. The number of thioether (sulfide) groups is 1. The predicted molar refractivity (Wildman–Crippen MR) is 68.8 cm³/mol. The van der Waals surface area contributed by atoms with Gasteiger partial charge in [0.2, 0.25) is 0 Å². The van der Waals surface area contributed by atoms with Gasteiger partial charge in [0, 0.05) is 5.02 Å². The third-order valence-electron chi connectivity index (χ3n) is 2.05. The number of nitriles is 1. The molecule has 1 aromatic rings. The predicted octanol–water partition coefficient (Wildman–Crippen LogP) is 3.03. The van der Waals surface area contributed by atoms with E-state index in [2.05, 4.69) is 0 Å². The first-order chi connectivity index (χ1) is 8.17. The van der Waals surface area contributed by atoms with E-state index in [1.165, 1.54) is 0 Å². The highest BCUT2D eigenvalue weighted by atomic mass is 35.5. The van der Waals surface area contributed by atoms with E-state index in [0.717, 1.165) is 17.3 Å². The Balaban J connectivity index is 2.73. The van der Waals surface area contributed by atoms with Crippen molar-refractivity contribution in [2.45, 2.75) is 18.6 Å². The lowest BCUT2D eigenvalue weighted by molar-refractivity contribution is -0.142. The maximum Gasteiger partial charge on any atom is 0.320 e. The quantitative estimate of drug-likeness (QED) is 0.609. The molecule has 1 aromatic carbocycles. The van der Waals surface area contributed by atoms with Crippen LogP contribution in [0.3, 0.4) is 0 Å². The standard InChI is InChI=1S/C12H12ClNO2S/c1-2-16-12(15)11(17-8-14)7-9-4-3-5-10(13)6-9/h3-6,11H,2,7H2,1H3/t11-/m0/s1. The van der Waals surface area contributed by atoms with Gasteiger partial charge in [-0.2, -0.15) is 5.26 Å². The van der Waals surface area contributed by atoms with Crippen molar-refractivity contribution >= 4 is 29.3 Å². The molecule has 0 aliphatic heterocycles. The number of carbonyl (C=O) groups is 1. The van der Waals surface area contributed by atoms with E-state index >= 15 is 0 Å². The van der Waals surface area contributed by atoms with Crippen molar-refractivity contribution in [3.8, 4) is 5.40 Å². The molecule has 5 heteroatoms. The fourth-order valence-electron chi connectivity index (χ4n) is 1.35. The van der Waals surface area contributed by atoms with Gasteiger partial charge in [0.05, 0.1) is 6.61 Å². The van der Waals surface area contributed by atoms with Gasteiger partial charge in [-0.25, -0.2) is 0 Å². The molecule has 90 valence electrons. The van der Waals surface area contributed by atoms with E-state index in [0.29, 0.717) is 18.1 Å². The number of nitrogens with zero attached hydrogens (tertiary/aromatic N) is 1. The molecule has 0 heterocycles. The Hall–Kier alpha value is -1.18. The van der Waals surface area contributed by atoms with Crippen LogP contribution >= 0.6 is 23.4 Å². The van der Waals surface area contributed by atoms with Gasteiger partial charge in [-0.05, 0) is 42.8 Å². The van der Waals surface area contributed by atoms with Crippen molar-refractivity contribution in [3.63, 3.8) is 0 Å². The Morgan fingerprint density at radius 2 is 2.41 bits per heavy atom. The molecular formula is C12H12ClNO2S. The summed E-state index contributed by atoms with van der Waals surface area (Å²) in [7, 11) is 0. The zero-order valence-electron chi connectivity index (χ0n) is 9.35. The maximum atomic E-state index is 11.6. The third-order valence-corrected chi connectivity index (χ3v) is 3.04. The van der Waals surface area contributed by atoms with E-state index in [9.17, 15) is 4.79 Å². The number of rotatable bonds is 5. The highest BCUT2D eigenvalue weighted by Crippen LogP contribution is 2.19. The van der Waals surface area contributed by atoms with Crippen LogP contribution < -0.4 is 0 Å². The molecule has 0 radical (unpaired) electrons. The number of hydrogen-bond acceptors (Lipinski definition) is 4. The SMILES string of the molecule is CCOC(=O)[C@H](Cc1cccc(Cl)c1)SC#N. The van der Waals surface area contributed by atoms with Crippen molar-refractivity contribution in [1.29, 1.82) is 5.26 Å². The van der Waals surface area contributed by atoms with E-state index in [4.69, 9.17) is 21.6 Å². The zero-order chi connectivity index (χ0) is 12.7. The van der Waals surface area contributed by atoms with E-state index in [-0.39, 0.29) is 5.97 Å². The molecule has 0 amide bonds. The summed E-state index contributed by atoms with van der Waals surface area (Å²) in [5, 5.41) is 10.7. The first kappa shape index (κ1) is 13.9. The highest BCUT2D eigenvalue weighted by Gasteiger charge is 2.21. The maximum absolute atomic E-state index is 11.6. The largest absolute Gasteiger partial charge is 0.465 e. The summed E-state index contributed by atoms with van der Waals surface area (Å²) in [5.74, 6) is -0.362. The first-order valence-corrected chi connectivity index (χ1v) is 6.39. The number of carbonyl (C=O) groups excluding carboxylic acids is 1. The Morgan fingerprint density at radius 3 is 3.00 bits per heavy atom. The Kier molecular flexibility index (Phi) is 5.88. The molecular weight excluding hydrogens is 258 g/mol. The monoisotopic (exact) mass is 269 g/mol. The normalized spacial score (nSPS) is 11.6. The molecule has 1 atom stereocenters. The highest BCUT2D eigenvalue weighted by molar-refractivity contribution is 8.04. The second-order valence-corrected chi connectivity index (χ2v) is 4.71. The third kappa shape index (κ3) is 4.68.